The number of pyridine rings is 1. The molecule has 0 spiro atoms. The van der Waals surface area contributed by atoms with Crippen molar-refractivity contribution < 1.29 is 4.74 Å². The molecule has 7 nitrogen and oxygen atoms in total. The highest BCUT2D eigenvalue weighted by atomic mass is 16.5. The molecule has 2 rings (SSSR count). The molecule has 3 N–H and O–H groups in total. The summed E-state index contributed by atoms with van der Waals surface area (Å²) in [6, 6.07) is 0. The third-order valence-corrected chi connectivity index (χ3v) is 3.43. The number of aryl methyl sites for hydroxylation is 2. The van der Waals surface area contributed by atoms with Gasteiger partial charge in [-0.15, -0.1) is 0 Å². The third kappa shape index (κ3) is 2.25. The number of nitrogens with zero attached hydrogens (tertiary/aromatic N) is 2. The molecule has 0 aromatic carbocycles. The maximum atomic E-state index is 12.0. The summed E-state index contributed by atoms with van der Waals surface area (Å²) >= 11 is 0. The Morgan fingerprint density at radius 2 is 2.05 bits per heavy atom. The lowest BCUT2D eigenvalue weighted by Crippen LogP contribution is -2.33. The van der Waals surface area contributed by atoms with E-state index in [4.69, 9.17) is 10.5 Å². The number of hydrogen-bond acceptors (Lipinski definition) is 5. The largest absolute Gasteiger partial charge is 0.383 e. The molecule has 0 saturated carbocycles. The van der Waals surface area contributed by atoms with Gasteiger partial charge in [-0.2, -0.15) is 0 Å². The van der Waals surface area contributed by atoms with Crippen LogP contribution in [0.25, 0.3) is 11.0 Å². The Hall–Kier alpha value is -1.99. The normalized spacial score (nSPS) is 11.2. The first-order valence-electron chi connectivity index (χ1n) is 6.33. The van der Waals surface area contributed by atoms with Crippen LogP contribution < -0.4 is 17.0 Å². The van der Waals surface area contributed by atoms with Crippen LogP contribution in [0.2, 0.25) is 0 Å². The second-order valence-electron chi connectivity index (χ2n) is 4.61. The lowest BCUT2D eigenvalue weighted by molar-refractivity contribution is 0.187. The minimum Gasteiger partial charge on any atom is -0.383 e. The van der Waals surface area contributed by atoms with Gasteiger partial charge in [0.2, 0.25) is 0 Å². The van der Waals surface area contributed by atoms with Gasteiger partial charge in [0.25, 0.3) is 5.56 Å². The van der Waals surface area contributed by atoms with Crippen molar-refractivity contribution in [2.45, 2.75) is 26.9 Å². The lowest BCUT2D eigenvalue weighted by atomic mass is 10.0. The van der Waals surface area contributed by atoms with Crippen molar-refractivity contribution >= 4 is 11.0 Å². The van der Waals surface area contributed by atoms with Crippen LogP contribution in [0.15, 0.2) is 9.59 Å². The fourth-order valence-corrected chi connectivity index (χ4v) is 2.35. The summed E-state index contributed by atoms with van der Waals surface area (Å²) in [5.41, 5.74) is 7.50. The number of H-pyrrole nitrogens is 1. The average Bonchev–Trinajstić information content (AvgIpc) is 2.38. The molecule has 0 unspecified atom stereocenters. The number of aromatic amines is 1. The van der Waals surface area contributed by atoms with Gasteiger partial charge >= 0.3 is 5.69 Å². The summed E-state index contributed by atoms with van der Waals surface area (Å²) in [6.07, 6.45) is 0. The minimum atomic E-state index is -0.480. The van der Waals surface area contributed by atoms with Gasteiger partial charge in [0.05, 0.1) is 18.5 Å². The molecular formula is C13H18N4O3. The van der Waals surface area contributed by atoms with E-state index in [2.05, 4.69) is 9.97 Å². The molecule has 0 aliphatic heterocycles. The molecule has 0 aliphatic rings. The van der Waals surface area contributed by atoms with Crippen molar-refractivity contribution in [2.75, 3.05) is 13.7 Å². The highest BCUT2D eigenvalue weighted by Crippen LogP contribution is 2.18. The van der Waals surface area contributed by atoms with Gasteiger partial charge in [-0.05, 0) is 25.0 Å². The van der Waals surface area contributed by atoms with E-state index in [9.17, 15) is 9.59 Å². The topological polar surface area (TPSA) is 103 Å². The van der Waals surface area contributed by atoms with E-state index in [1.165, 1.54) is 4.57 Å². The van der Waals surface area contributed by atoms with Crippen LogP contribution in [0.5, 0.6) is 0 Å². The summed E-state index contributed by atoms with van der Waals surface area (Å²) in [4.78, 5) is 30.7. The van der Waals surface area contributed by atoms with E-state index >= 15 is 0 Å². The van der Waals surface area contributed by atoms with E-state index in [-0.39, 0.29) is 0 Å². The second kappa shape index (κ2) is 5.56. The van der Waals surface area contributed by atoms with Crippen LogP contribution in [0.3, 0.4) is 0 Å². The fraction of sp³-hybridized carbons (Fsp3) is 0.462. The monoisotopic (exact) mass is 278 g/mol. The fourth-order valence-electron chi connectivity index (χ4n) is 2.35. The maximum Gasteiger partial charge on any atom is 0.330 e. The van der Waals surface area contributed by atoms with E-state index in [0.717, 1.165) is 16.8 Å². The molecule has 0 atom stereocenters. The molecule has 2 aromatic rings. The van der Waals surface area contributed by atoms with Gasteiger partial charge in [0.15, 0.2) is 0 Å². The summed E-state index contributed by atoms with van der Waals surface area (Å²) in [6.45, 7) is 4.63. The zero-order chi connectivity index (χ0) is 14.9. The number of aromatic nitrogens is 3. The quantitative estimate of drug-likeness (QED) is 0.806. The van der Waals surface area contributed by atoms with Crippen molar-refractivity contribution in [1.82, 2.24) is 14.5 Å². The van der Waals surface area contributed by atoms with E-state index in [0.29, 0.717) is 30.7 Å². The van der Waals surface area contributed by atoms with Crippen molar-refractivity contribution in [1.29, 1.82) is 0 Å². The van der Waals surface area contributed by atoms with Crippen molar-refractivity contribution in [3.63, 3.8) is 0 Å². The number of ether oxygens (including phenoxy) is 1. The molecule has 0 radical (unpaired) electrons. The number of fused-ring (bicyclic) bond motifs is 1. The van der Waals surface area contributed by atoms with Gasteiger partial charge in [-0.25, -0.2) is 9.78 Å². The Morgan fingerprint density at radius 1 is 1.35 bits per heavy atom. The van der Waals surface area contributed by atoms with Crippen molar-refractivity contribution in [3.8, 4) is 0 Å². The number of nitrogens with one attached hydrogen (secondary N) is 1. The standard InChI is InChI=1S/C13H18N4O3/c1-7-9(6-14)8(2)15-11-10(7)12(18)16-13(19)17(11)4-5-20-3/h4-6,14H2,1-3H3,(H,16,18,19). The molecule has 20 heavy (non-hydrogen) atoms. The highest BCUT2D eigenvalue weighted by Gasteiger charge is 2.15. The molecule has 0 aliphatic carbocycles. The van der Waals surface area contributed by atoms with Crippen molar-refractivity contribution in [3.05, 3.63) is 37.7 Å². The SMILES string of the molecule is COCCn1c(=O)[nH]c(=O)c2c(C)c(CN)c(C)nc21. The maximum absolute atomic E-state index is 12.0. The molecule has 0 saturated heterocycles. The number of methoxy groups -OCH3 is 1. The number of nitrogens with two attached hydrogens (primary N) is 1. The molecule has 2 aromatic heterocycles. The lowest BCUT2D eigenvalue weighted by Gasteiger charge is -2.13. The smallest absolute Gasteiger partial charge is 0.330 e. The molecule has 0 fully saturated rings. The molecule has 108 valence electrons. The molecule has 7 heteroatoms. The third-order valence-electron chi connectivity index (χ3n) is 3.43. The number of hydrogen-bond donors (Lipinski definition) is 2. The predicted molar refractivity (Wildman–Crippen MR) is 75.9 cm³/mol. The van der Waals surface area contributed by atoms with Crippen LogP contribution in [0.1, 0.15) is 16.8 Å². The summed E-state index contributed by atoms with van der Waals surface area (Å²) in [5, 5.41) is 0.409. The summed E-state index contributed by atoms with van der Waals surface area (Å²) < 4.78 is 6.40. The Labute approximate surface area is 115 Å². The zero-order valence-electron chi connectivity index (χ0n) is 11.8. The Morgan fingerprint density at radius 3 is 2.65 bits per heavy atom. The summed E-state index contributed by atoms with van der Waals surface area (Å²) in [5.74, 6) is 0. The van der Waals surface area contributed by atoms with Gasteiger partial charge in [0, 0.05) is 19.3 Å². The van der Waals surface area contributed by atoms with Crippen LogP contribution >= 0.6 is 0 Å². The number of rotatable bonds is 4. The Balaban J connectivity index is 2.89. The Bertz CT molecular complexity index is 761. The van der Waals surface area contributed by atoms with E-state index < -0.39 is 11.2 Å². The van der Waals surface area contributed by atoms with Crippen LogP contribution in [0, 0.1) is 13.8 Å². The molecular weight excluding hydrogens is 260 g/mol. The van der Waals surface area contributed by atoms with E-state index in [1.54, 1.807) is 7.11 Å². The van der Waals surface area contributed by atoms with E-state index in [1.807, 2.05) is 13.8 Å². The summed E-state index contributed by atoms with van der Waals surface area (Å²) in [7, 11) is 1.55. The van der Waals surface area contributed by atoms with Crippen LogP contribution in [-0.4, -0.2) is 28.3 Å². The zero-order valence-corrected chi connectivity index (χ0v) is 11.8. The molecule has 0 amide bonds. The van der Waals surface area contributed by atoms with Crippen LogP contribution in [-0.2, 0) is 17.8 Å². The van der Waals surface area contributed by atoms with Gasteiger partial charge < -0.3 is 10.5 Å². The van der Waals surface area contributed by atoms with Gasteiger partial charge in [-0.1, -0.05) is 0 Å². The first kappa shape index (κ1) is 14.4. The van der Waals surface area contributed by atoms with Gasteiger partial charge in [-0.3, -0.25) is 14.3 Å². The second-order valence-corrected chi connectivity index (χ2v) is 4.61. The first-order valence-corrected chi connectivity index (χ1v) is 6.33. The van der Waals surface area contributed by atoms with Crippen LogP contribution in [0.4, 0.5) is 0 Å². The highest BCUT2D eigenvalue weighted by molar-refractivity contribution is 5.79. The minimum absolute atomic E-state index is 0.303. The predicted octanol–water partition coefficient (Wildman–Crippen LogP) is -0.193. The van der Waals surface area contributed by atoms with Crippen molar-refractivity contribution in [2.24, 2.45) is 5.73 Å². The molecule has 0 bridgehead atoms. The molecule has 2 heterocycles. The average molecular weight is 278 g/mol. The Kier molecular flexibility index (Phi) is 4.01. The van der Waals surface area contributed by atoms with Gasteiger partial charge in [0.1, 0.15) is 5.65 Å². The first-order chi connectivity index (χ1) is 9.51.